The van der Waals surface area contributed by atoms with E-state index in [9.17, 15) is 9.59 Å². The van der Waals surface area contributed by atoms with Crippen LogP contribution in [0.15, 0.2) is 73.3 Å². The molecule has 7 heteroatoms. The molecule has 2 atom stereocenters. The van der Waals surface area contributed by atoms with Crippen molar-refractivity contribution in [2.75, 3.05) is 6.54 Å². The van der Waals surface area contributed by atoms with Crippen LogP contribution in [0.1, 0.15) is 48.0 Å². The number of rotatable bonds is 8. The number of hydrogen-bond acceptors (Lipinski definition) is 4. The van der Waals surface area contributed by atoms with E-state index < -0.39 is 6.09 Å². The van der Waals surface area contributed by atoms with Crippen molar-refractivity contribution in [3.8, 4) is 0 Å². The van der Waals surface area contributed by atoms with E-state index in [1.165, 1.54) is 5.56 Å². The van der Waals surface area contributed by atoms with E-state index >= 15 is 0 Å². The van der Waals surface area contributed by atoms with Crippen molar-refractivity contribution in [2.24, 2.45) is 0 Å². The van der Waals surface area contributed by atoms with Gasteiger partial charge in [-0.1, -0.05) is 54.6 Å². The molecule has 2 aromatic carbocycles. The lowest BCUT2D eigenvalue weighted by molar-refractivity contribution is -0.122. The molecule has 0 radical (unpaired) electrons. The summed E-state index contributed by atoms with van der Waals surface area (Å²) in [6, 6.07) is 17.8. The van der Waals surface area contributed by atoms with E-state index in [0.29, 0.717) is 19.4 Å². The Kier molecular flexibility index (Phi) is 7.17. The van der Waals surface area contributed by atoms with E-state index in [1.807, 2.05) is 55.0 Å². The number of ether oxygens (including phenoxy) is 1. The summed E-state index contributed by atoms with van der Waals surface area (Å²) in [4.78, 5) is 28.7. The Bertz CT molecular complexity index is 1020. The summed E-state index contributed by atoms with van der Waals surface area (Å²) in [6.07, 6.45) is 7.82. The first-order valence-corrected chi connectivity index (χ1v) is 11.0. The molecule has 166 valence electrons. The Balaban J connectivity index is 1.26. The van der Waals surface area contributed by atoms with Crippen LogP contribution in [-0.4, -0.2) is 28.1 Å². The van der Waals surface area contributed by atoms with Gasteiger partial charge in [-0.25, -0.2) is 9.78 Å². The largest absolute Gasteiger partial charge is 0.445 e. The summed E-state index contributed by atoms with van der Waals surface area (Å²) in [6.45, 7) is 0.608. The molecule has 1 aliphatic rings. The molecule has 2 N–H and O–H groups in total. The fourth-order valence-electron chi connectivity index (χ4n) is 4.16. The zero-order chi connectivity index (χ0) is 22.2. The third kappa shape index (κ3) is 5.55. The number of carbonyl (C=O) groups excluding carboxylic acids is 2. The van der Waals surface area contributed by atoms with Gasteiger partial charge < -0.3 is 19.9 Å². The fourth-order valence-corrected chi connectivity index (χ4v) is 4.16. The minimum absolute atomic E-state index is 0.0312. The minimum atomic E-state index is -0.476. The molecule has 0 saturated carbocycles. The highest BCUT2D eigenvalue weighted by Crippen LogP contribution is 2.37. The summed E-state index contributed by atoms with van der Waals surface area (Å²) in [5.41, 5.74) is 3.37. The molecule has 1 aliphatic carbocycles. The van der Waals surface area contributed by atoms with Crippen LogP contribution < -0.4 is 10.6 Å². The van der Waals surface area contributed by atoms with E-state index in [2.05, 4.69) is 32.3 Å². The van der Waals surface area contributed by atoms with Crippen LogP contribution >= 0.6 is 0 Å². The van der Waals surface area contributed by atoms with E-state index in [0.717, 1.165) is 24.0 Å². The molecule has 7 nitrogen and oxygen atoms in total. The lowest BCUT2D eigenvalue weighted by atomic mass is 9.83. The van der Waals surface area contributed by atoms with Gasteiger partial charge in [-0.3, -0.25) is 4.79 Å². The molecule has 1 aromatic heterocycles. The molecular formula is C25H28N4O3. The van der Waals surface area contributed by atoms with Gasteiger partial charge in [-0.15, -0.1) is 0 Å². The maximum Gasteiger partial charge on any atom is 0.407 e. The van der Waals surface area contributed by atoms with Crippen molar-refractivity contribution in [1.82, 2.24) is 20.2 Å². The van der Waals surface area contributed by atoms with Gasteiger partial charge in [0.25, 0.3) is 0 Å². The number of imidazole rings is 1. The summed E-state index contributed by atoms with van der Waals surface area (Å²) in [5.74, 6) is -0.0312. The third-order valence-corrected chi connectivity index (χ3v) is 5.77. The number of nitrogens with zero attached hydrogens (tertiary/aromatic N) is 2. The second-order valence-electron chi connectivity index (χ2n) is 7.95. The molecule has 2 amide bonds. The predicted octanol–water partition coefficient (Wildman–Crippen LogP) is 3.93. The van der Waals surface area contributed by atoms with Crippen molar-refractivity contribution >= 4 is 12.0 Å². The number of hydrogen-bond donors (Lipinski definition) is 2. The second kappa shape index (κ2) is 10.6. The topological polar surface area (TPSA) is 85.3 Å². The second-order valence-corrected chi connectivity index (χ2v) is 7.95. The van der Waals surface area contributed by atoms with Gasteiger partial charge in [0.05, 0.1) is 18.4 Å². The van der Waals surface area contributed by atoms with Gasteiger partial charge in [0.2, 0.25) is 5.91 Å². The van der Waals surface area contributed by atoms with Crippen LogP contribution in [0.2, 0.25) is 0 Å². The number of fused-ring (bicyclic) bond motifs is 1. The molecule has 0 aliphatic heterocycles. The molecule has 1 heterocycles. The SMILES string of the molecule is O=C(CCCNC(=O)OCc1ccccc1)N[C@H]1c2ccccc2CC[C@H]1n1ccnc1. The van der Waals surface area contributed by atoms with E-state index in [-0.39, 0.29) is 24.6 Å². The Labute approximate surface area is 187 Å². The highest BCUT2D eigenvalue weighted by atomic mass is 16.5. The molecule has 0 bridgehead atoms. The average molecular weight is 433 g/mol. The molecule has 32 heavy (non-hydrogen) atoms. The maximum absolute atomic E-state index is 12.7. The van der Waals surface area contributed by atoms with Gasteiger partial charge in [0.15, 0.2) is 0 Å². The minimum Gasteiger partial charge on any atom is -0.445 e. The Morgan fingerprint density at radius 3 is 2.72 bits per heavy atom. The first-order chi connectivity index (χ1) is 15.7. The van der Waals surface area contributed by atoms with E-state index in [4.69, 9.17) is 4.74 Å². The number of amides is 2. The number of aryl methyl sites for hydroxylation is 1. The highest BCUT2D eigenvalue weighted by molar-refractivity contribution is 5.76. The molecule has 4 rings (SSSR count). The normalized spacial score (nSPS) is 17.2. The van der Waals surface area contributed by atoms with Gasteiger partial charge in [0, 0.05) is 25.4 Å². The molecular weight excluding hydrogens is 404 g/mol. The molecule has 0 unspecified atom stereocenters. The third-order valence-electron chi connectivity index (χ3n) is 5.77. The first-order valence-electron chi connectivity index (χ1n) is 11.0. The van der Waals surface area contributed by atoms with Gasteiger partial charge in [0.1, 0.15) is 6.61 Å². The smallest absolute Gasteiger partial charge is 0.407 e. The number of carbonyl (C=O) groups is 2. The zero-order valence-electron chi connectivity index (χ0n) is 17.9. The summed E-state index contributed by atoms with van der Waals surface area (Å²) >= 11 is 0. The van der Waals surface area contributed by atoms with Crippen LogP contribution in [0, 0.1) is 0 Å². The lowest BCUT2D eigenvalue weighted by Crippen LogP contribution is -2.37. The first kappa shape index (κ1) is 21.6. The number of aromatic nitrogens is 2. The quantitative estimate of drug-likeness (QED) is 0.528. The number of nitrogens with one attached hydrogen (secondary N) is 2. The van der Waals surface area contributed by atoms with Crippen LogP contribution in [0.4, 0.5) is 4.79 Å². The highest BCUT2D eigenvalue weighted by Gasteiger charge is 2.31. The van der Waals surface area contributed by atoms with Crippen LogP contribution in [0.3, 0.4) is 0 Å². The van der Waals surface area contributed by atoms with Gasteiger partial charge in [-0.2, -0.15) is 0 Å². The maximum atomic E-state index is 12.7. The van der Waals surface area contributed by atoms with Crippen LogP contribution in [0.5, 0.6) is 0 Å². The van der Waals surface area contributed by atoms with Crippen molar-refractivity contribution in [1.29, 1.82) is 0 Å². The molecule has 0 spiro atoms. The number of benzene rings is 2. The van der Waals surface area contributed by atoms with Crippen molar-refractivity contribution in [3.05, 3.63) is 90.0 Å². The Morgan fingerprint density at radius 1 is 1.09 bits per heavy atom. The summed E-state index contributed by atoms with van der Waals surface area (Å²) in [7, 11) is 0. The van der Waals surface area contributed by atoms with Crippen molar-refractivity contribution in [3.63, 3.8) is 0 Å². The lowest BCUT2D eigenvalue weighted by Gasteiger charge is -2.35. The predicted molar refractivity (Wildman–Crippen MR) is 121 cm³/mol. The van der Waals surface area contributed by atoms with Gasteiger partial charge >= 0.3 is 6.09 Å². The summed E-state index contributed by atoms with van der Waals surface area (Å²) < 4.78 is 7.27. The molecule has 3 aromatic rings. The number of alkyl carbamates (subject to hydrolysis) is 1. The Morgan fingerprint density at radius 2 is 1.91 bits per heavy atom. The summed E-state index contributed by atoms with van der Waals surface area (Å²) in [5, 5.41) is 5.92. The zero-order valence-corrected chi connectivity index (χ0v) is 17.9. The molecule has 0 fully saturated rings. The van der Waals surface area contributed by atoms with Crippen LogP contribution in [0.25, 0.3) is 0 Å². The monoisotopic (exact) mass is 432 g/mol. The van der Waals surface area contributed by atoms with Crippen molar-refractivity contribution in [2.45, 2.75) is 44.4 Å². The average Bonchev–Trinajstić information content (AvgIpc) is 3.36. The molecule has 0 saturated heterocycles. The standard InChI is InChI=1S/C25H28N4O3/c30-23(11-6-14-27-25(31)32-17-19-7-2-1-3-8-19)28-24-21-10-5-4-9-20(21)12-13-22(24)29-16-15-26-18-29/h1-5,7-10,15-16,18,22,24H,6,11-14,17H2,(H,27,31)(H,28,30)/t22-,24+/m1/s1. The Hall–Kier alpha value is -3.61. The van der Waals surface area contributed by atoms with Crippen molar-refractivity contribution < 1.29 is 14.3 Å². The fraction of sp³-hybridized carbons (Fsp3) is 0.320. The van der Waals surface area contributed by atoms with E-state index in [1.54, 1.807) is 6.20 Å². The van der Waals surface area contributed by atoms with Gasteiger partial charge in [-0.05, 0) is 36.0 Å². The van der Waals surface area contributed by atoms with Crippen LogP contribution in [-0.2, 0) is 22.6 Å².